The molecule has 0 bridgehead atoms. The Kier molecular flexibility index (Phi) is 5.20. The molecular formula is C14H19ClN4O3. The monoisotopic (exact) mass is 326 g/mol. The summed E-state index contributed by atoms with van der Waals surface area (Å²) >= 11 is 6.03. The smallest absolute Gasteiger partial charge is 0.294 e. The molecule has 1 fully saturated rings. The summed E-state index contributed by atoms with van der Waals surface area (Å²) in [7, 11) is 0. The highest BCUT2D eigenvalue weighted by Gasteiger charge is 2.25. The van der Waals surface area contributed by atoms with Crippen molar-refractivity contribution in [1.29, 1.82) is 0 Å². The van der Waals surface area contributed by atoms with E-state index in [1.165, 1.54) is 13.0 Å². The second-order valence-electron chi connectivity index (χ2n) is 5.18. The van der Waals surface area contributed by atoms with Crippen LogP contribution in [0.4, 0.5) is 17.1 Å². The minimum absolute atomic E-state index is 0.0379. The second kappa shape index (κ2) is 6.93. The largest absolute Gasteiger partial charge is 0.363 e. The van der Waals surface area contributed by atoms with Crippen LogP contribution in [0.25, 0.3) is 0 Å². The molecule has 0 atom stereocenters. The lowest BCUT2D eigenvalue weighted by Crippen LogP contribution is -2.46. The number of rotatable bonds is 4. The van der Waals surface area contributed by atoms with Crippen molar-refractivity contribution >= 4 is 34.6 Å². The molecule has 1 amide bonds. The Hall–Kier alpha value is -1.86. The van der Waals surface area contributed by atoms with E-state index in [4.69, 9.17) is 11.6 Å². The number of likely N-dealkylation sites (N-methyl/N-ethyl adjacent to an activating group) is 1. The molecule has 1 saturated heterocycles. The first-order valence-corrected chi connectivity index (χ1v) is 7.53. The number of anilines is 2. The maximum absolute atomic E-state index is 11.3. The van der Waals surface area contributed by atoms with Gasteiger partial charge < -0.3 is 15.1 Å². The van der Waals surface area contributed by atoms with Crippen molar-refractivity contribution in [2.75, 3.05) is 42.9 Å². The summed E-state index contributed by atoms with van der Waals surface area (Å²) in [5, 5.41) is 14.1. The number of nitro groups is 1. The first-order chi connectivity index (χ1) is 10.4. The van der Waals surface area contributed by atoms with E-state index >= 15 is 0 Å². The predicted molar refractivity (Wildman–Crippen MR) is 86.7 cm³/mol. The summed E-state index contributed by atoms with van der Waals surface area (Å²) in [5.74, 6) is -0.266. The van der Waals surface area contributed by atoms with E-state index in [1.807, 2.05) is 4.90 Å². The molecule has 7 nitrogen and oxygen atoms in total. The van der Waals surface area contributed by atoms with Crippen LogP contribution in [0.15, 0.2) is 12.1 Å². The summed E-state index contributed by atoms with van der Waals surface area (Å²) < 4.78 is 0. The maximum atomic E-state index is 11.3. The topological polar surface area (TPSA) is 78.7 Å². The van der Waals surface area contributed by atoms with Gasteiger partial charge in [0.05, 0.1) is 15.6 Å². The molecule has 0 spiro atoms. The Balaban J connectivity index is 2.35. The molecular weight excluding hydrogens is 308 g/mol. The highest BCUT2D eigenvalue weighted by molar-refractivity contribution is 6.34. The van der Waals surface area contributed by atoms with Gasteiger partial charge in [-0.1, -0.05) is 18.5 Å². The number of benzene rings is 1. The first kappa shape index (κ1) is 16.5. The zero-order valence-electron chi connectivity index (χ0n) is 12.6. The van der Waals surface area contributed by atoms with Gasteiger partial charge in [0.25, 0.3) is 5.69 Å². The number of hydrogen-bond donors (Lipinski definition) is 1. The normalized spacial score (nSPS) is 15.7. The Morgan fingerprint density at radius 3 is 2.50 bits per heavy atom. The maximum Gasteiger partial charge on any atom is 0.294 e. The van der Waals surface area contributed by atoms with Crippen molar-refractivity contribution in [3.8, 4) is 0 Å². The molecule has 1 aromatic rings. The lowest BCUT2D eigenvalue weighted by Gasteiger charge is -2.35. The lowest BCUT2D eigenvalue weighted by atomic mass is 10.2. The molecule has 0 unspecified atom stereocenters. The van der Waals surface area contributed by atoms with Crippen LogP contribution in [0.3, 0.4) is 0 Å². The third-order valence-corrected chi connectivity index (χ3v) is 4.04. The van der Waals surface area contributed by atoms with Crippen LogP contribution in [0.5, 0.6) is 0 Å². The fourth-order valence-corrected chi connectivity index (χ4v) is 2.75. The van der Waals surface area contributed by atoms with Crippen molar-refractivity contribution in [2.45, 2.75) is 13.8 Å². The Labute approximate surface area is 134 Å². The summed E-state index contributed by atoms with van der Waals surface area (Å²) in [6, 6.07) is 2.89. The number of carbonyl (C=O) groups is 1. The highest BCUT2D eigenvalue weighted by atomic mass is 35.5. The Bertz CT molecular complexity index is 586. The molecule has 1 N–H and O–H groups in total. The number of nitro benzene ring substituents is 1. The van der Waals surface area contributed by atoms with E-state index in [9.17, 15) is 14.9 Å². The van der Waals surface area contributed by atoms with E-state index in [2.05, 4.69) is 17.1 Å². The molecule has 2 rings (SSSR count). The molecule has 0 aliphatic carbocycles. The number of nitrogens with one attached hydrogen (secondary N) is 1. The van der Waals surface area contributed by atoms with Gasteiger partial charge >= 0.3 is 0 Å². The summed E-state index contributed by atoms with van der Waals surface area (Å²) in [5.41, 5.74) is 0.852. The van der Waals surface area contributed by atoms with Crippen LogP contribution in [0, 0.1) is 10.1 Å². The van der Waals surface area contributed by atoms with E-state index in [0.29, 0.717) is 24.5 Å². The van der Waals surface area contributed by atoms with Gasteiger partial charge in [-0.05, 0) is 12.6 Å². The van der Waals surface area contributed by atoms with Gasteiger partial charge in [0.2, 0.25) is 5.91 Å². The second-order valence-corrected chi connectivity index (χ2v) is 5.59. The SMILES string of the molecule is CCN1CCN(c2cc(NC(C)=O)c(Cl)cc2[N+](=O)[O-])CC1. The number of halogens is 1. The first-order valence-electron chi connectivity index (χ1n) is 7.15. The Morgan fingerprint density at radius 1 is 1.36 bits per heavy atom. The van der Waals surface area contributed by atoms with Crippen molar-refractivity contribution in [3.63, 3.8) is 0 Å². The molecule has 22 heavy (non-hydrogen) atoms. The number of hydrogen-bond acceptors (Lipinski definition) is 5. The van der Waals surface area contributed by atoms with Crippen molar-refractivity contribution in [1.82, 2.24) is 4.90 Å². The fourth-order valence-electron chi connectivity index (χ4n) is 2.54. The highest BCUT2D eigenvalue weighted by Crippen LogP contribution is 2.37. The van der Waals surface area contributed by atoms with Gasteiger partial charge in [-0.25, -0.2) is 0 Å². The van der Waals surface area contributed by atoms with Gasteiger partial charge in [-0.3, -0.25) is 14.9 Å². The zero-order chi connectivity index (χ0) is 16.3. The molecule has 1 heterocycles. The van der Waals surface area contributed by atoms with Crippen molar-refractivity contribution in [3.05, 3.63) is 27.3 Å². The summed E-state index contributed by atoms with van der Waals surface area (Å²) in [6.07, 6.45) is 0. The molecule has 0 radical (unpaired) electrons. The van der Waals surface area contributed by atoms with E-state index in [1.54, 1.807) is 6.07 Å². The quantitative estimate of drug-likeness (QED) is 0.678. The molecule has 0 saturated carbocycles. The molecule has 8 heteroatoms. The molecule has 0 aromatic heterocycles. The molecule has 1 aliphatic heterocycles. The van der Waals surface area contributed by atoms with Crippen molar-refractivity contribution < 1.29 is 9.72 Å². The van der Waals surface area contributed by atoms with E-state index < -0.39 is 4.92 Å². The van der Waals surface area contributed by atoms with Crippen LogP contribution in [-0.2, 0) is 4.79 Å². The van der Waals surface area contributed by atoms with E-state index in [-0.39, 0.29) is 16.6 Å². The average Bonchev–Trinajstić information content (AvgIpc) is 2.48. The van der Waals surface area contributed by atoms with Gasteiger partial charge in [-0.15, -0.1) is 0 Å². The average molecular weight is 327 g/mol. The minimum atomic E-state index is -0.440. The number of piperazine rings is 1. The lowest BCUT2D eigenvalue weighted by molar-refractivity contribution is -0.384. The third kappa shape index (κ3) is 3.66. The number of carbonyl (C=O) groups excluding carboxylic acids is 1. The van der Waals surface area contributed by atoms with Gasteiger partial charge in [-0.2, -0.15) is 0 Å². The molecule has 120 valence electrons. The fraction of sp³-hybridized carbons (Fsp3) is 0.500. The summed E-state index contributed by atoms with van der Waals surface area (Å²) in [6.45, 7) is 7.55. The van der Waals surface area contributed by atoms with Crippen LogP contribution in [0.1, 0.15) is 13.8 Å². The molecule has 1 aromatic carbocycles. The van der Waals surface area contributed by atoms with Gasteiger partial charge in [0, 0.05) is 39.2 Å². The van der Waals surface area contributed by atoms with Crippen LogP contribution >= 0.6 is 11.6 Å². The zero-order valence-corrected chi connectivity index (χ0v) is 13.4. The standard InChI is InChI=1S/C14H19ClN4O3/c1-3-17-4-6-18(7-5-17)13-9-12(16-10(2)20)11(15)8-14(13)19(21)22/h8-9H,3-7H2,1-2H3,(H,16,20). The predicted octanol–water partition coefficient (Wildman–Crippen LogP) is 2.35. The van der Waals surface area contributed by atoms with Crippen LogP contribution in [-0.4, -0.2) is 48.5 Å². The van der Waals surface area contributed by atoms with Crippen LogP contribution < -0.4 is 10.2 Å². The van der Waals surface area contributed by atoms with Crippen molar-refractivity contribution in [2.24, 2.45) is 0 Å². The van der Waals surface area contributed by atoms with Gasteiger partial charge in [0.1, 0.15) is 5.69 Å². The third-order valence-electron chi connectivity index (χ3n) is 3.73. The molecule has 1 aliphatic rings. The Morgan fingerprint density at radius 2 is 2.00 bits per heavy atom. The minimum Gasteiger partial charge on any atom is -0.363 e. The summed E-state index contributed by atoms with van der Waals surface area (Å²) in [4.78, 5) is 26.3. The van der Waals surface area contributed by atoms with Crippen LogP contribution in [0.2, 0.25) is 5.02 Å². The van der Waals surface area contributed by atoms with Gasteiger partial charge in [0.15, 0.2) is 0 Å². The number of nitrogens with zero attached hydrogens (tertiary/aromatic N) is 3. The van der Waals surface area contributed by atoms with E-state index in [0.717, 1.165) is 19.6 Å². The number of amides is 1.